The van der Waals surface area contributed by atoms with Crippen LogP contribution in [0.4, 0.5) is 0 Å². The second-order valence-corrected chi connectivity index (χ2v) is 5.43. The van der Waals surface area contributed by atoms with Crippen molar-refractivity contribution in [2.45, 2.75) is 38.1 Å². The van der Waals surface area contributed by atoms with Crippen LogP contribution < -0.4 is 10.1 Å². The van der Waals surface area contributed by atoms with E-state index in [4.69, 9.17) is 4.74 Å². The molecule has 1 fully saturated rings. The number of aliphatic hydroxyl groups is 1. The number of methoxy groups -OCH3 is 1. The van der Waals surface area contributed by atoms with Crippen molar-refractivity contribution in [3.63, 3.8) is 0 Å². The molecule has 1 aliphatic rings. The summed E-state index contributed by atoms with van der Waals surface area (Å²) in [7, 11) is 1.62. The summed E-state index contributed by atoms with van der Waals surface area (Å²) >= 11 is 0. The van der Waals surface area contributed by atoms with Crippen LogP contribution in [0.2, 0.25) is 0 Å². The minimum Gasteiger partial charge on any atom is -0.497 e. The number of aliphatic hydroxyl groups excluding tert-OH is 1. The Bertz CT molecular complexity index is 447. The van der Waals surface area contributed by atoms with E-state index in [2.05, 4.69) is 5.32 Å². The lowest BCUT2D eigenvalue weighted by Crippen LogP contribution is -2.44. The minimum absolute atomic E-state index is 0.0172. The number of amides is 1. The molecule has 0 saturated heterocycles. The van der Waals surface area contributed by atoms with Crippen molar-refractivity contribution in [2.24, 2.45) is 5.92 Å². The van der Waals surface area contributed by atoms with Crippen LogP contribution in [-0.4, -0.2) is 30.8 Å². The summed E-state index contributed by atoms with van der Waals surface area (Å²) in [6.07, 6.45) is 4.59. The highest BCUT2D eigenvalue weighted by atomic mass is 16.5. The Labute approximate surface area is 120 Å². The summed E-state index contributed by atoms with van der Waals surface area (Å²) in [5.41, 5.74) is 0.943. The van der Waals surface area contributed by atoms with Crippen LogP contribution in [0.3, 0.4) is 0 Å². The van der Waals surface area contributed by atoms with Gasteiger partial charge in [-0.15, -0.1) is 0 Å². The molecule has 1 saturated carbocycles. The summed E-state index contributed by atoms with van der Waals surface area (Å²) in [5.74, 6) is 0.989. The van der Waals surface area contributed by atoms with Gasteiger partial charge in [0.05, 0.1) is 13.5 Å². The van der Waals surface area contributed by atoms with Crippen molar-refractivity contribution in [2.75, 3.05) is 13.7 Å². The van der Waals surface area contributed by atoms with Crippen molar-refractivity contribution in [3.8, 4) is 5.75 Å². The number of nitrogens with one attached hydrogen (secondary N) is 1. The predicted octanol–water partition coefficient (Wildman–Crippen LogP) is 1.90. The Morgan fingerprint density at radius 2 is 2.20 bits per heavy atom. The van der Waals surface area contributed by atoms with Crippen LogP contribution in [0.15, 0.2) is 24.3 Å². The Hall–Kier alpha value is -1.55. The SMILES string of the molecule is COc1cccc(CC(=O)NC2CCCCC2CO)c1. The van der Waals surface area contributed by atoms with Gasteiger partial charge in [0.25, 0.3) is 0 Å². The minimum atomic E-state index is 0.0172. The molecular weight excluding hydrogens is 254 g/mol. The lowest BCUT2D eigenvalue weighted by molar-refractivity contribution is -0.121. The molecule has 110 valence electrons. The smallest absolute Gasteiger partial charge is 0.224 e. The van der Waals surface area contributed by atoms with Crippen molar-refractivity contribution in [1.29, 1.82) is 0 Å². The van der Waals surface area contributed by atoms with Crippen LogP contribution in [-0.2, 0) is 11.2 Å². The van der Waals surface area contributed by atoms with E-state index in [0.29, 0.717) is 6.42 Å². The van der Waals surface area contributed by atoms with E-state index < -0.39 is 0 Å². The van der Waals surface area contributed by atoms with E-state index in [1.807, 2.05) is 24.3 Å². The molecule has 0 bridgehead atoms. The predicted molar refractivity (Wildman–Crippen MR) is 77.7 cm³/mol. The summed E-state index contributed by atoms with van der Waals surface area (Å²) < 4.78 is 5.16. The van der Waals surface area contributed by atoms with Gasteiger partial charge in [0.1, 0.15) is 5.75 Å². The first-order chi connectivity index (χ1) is 9.72. The summed E-state index contributed by atoms with van der Waals surface area (Å²) in [6, 6.07) is 7.67. The molecule has 2 N–H and O–H groups in total. The molecule has 0 radical (unpaired) electrons. The fourth-order valence-corrected chi connectivity index (χ4v) is 2.84. The van der Waals surface area contributed by atoms with Crippen LogP contribution in [0, 0.1) is 5.92 Å². The monoisotopic (exact) mass is 277 g/mol. The molecule has 1 aromatic carbocycles. The highest BCUT2D eigenvalue weighted by molar-refractivity contribution is 5.79. The van der Waals surface area contributed by atoms with Gasteiger partial charge in [0.2, 0.25) is 5.91 Å². The summed E-state index contributed by atoms with van der Waals surface area (Å²) in [5, 5.41) is 12.4. The molecule has 1 aromatic rings. The zero-order chi connectivity index (χ0) is 14.4. The molecule has 1 amide bonds. The van der Waals surface area contributed by atoms with Crippen LogP contribution in [0.1, 0.15) is 31.2 Å². The van der Waals surface area contributed by atoms with Gasteiger partial charge < -0.3 is 15.2 Å². The third kappa shape index (κ3) is 3.97. The maximum Gasteiger partial charge on any atom is 0.224 e. The van der Waals surface area contributed by atoms with Gasteiger partial charge in [0, 0.05) is 18.6 Å². The number of benzene rings is 1. The number of carbonyl (C=O) groups is 1. The number of hydrogen-bond acceptors (Lipinski definition) is 3. The first kappa shape index (κ1) is 14.9. The Kier molecular flexibility index (Phi) is 5.41. The van der Waals surface area contributed by atoms with E-state index in [1.54, 1.807) is 7.11 Å². The third-order valence-electron chi connectivity index (χ3n) is 3.99. The van der Waals surface area contributed by atoms with Crippen molar-refractivity contribution in [1.82, 2.24) is 5.32 Å². The standard InChI is InChI=1S/C16H23NO3/c1-20-14-7-4-5-12(9-14)10-16(19)17-15-8-3-2-6-13(15)11-18/h4-5,7,9,13,15,18H,2-3,6,8,10-11H2,1H3,(H,17,19). The van der Waals surface area contributed by atoms with Gasteiger partial charge in [0.15, 0.2) is 0 Å². The molecule has 2 rings (SSSR count). The molecule has 4 nitrogen and oxygen atoms in total. The summed E-state index contributed by atoms with van der Waals surface area (Å²) in [4.78, 5) is 12.1. The van der Waals surface area contributed by atoms with Gasteiger partial charge in [-0.05, 0) is 30.5 Å². The second-order valence-electron chi connectivity index (χ2n) is 5.43. The molecule has 0 aromatic heterocycles. The van der Waals surface area contributed by atoms with Gasteiger partial charge in [-0.1, -0.05) is 25.0 Å². The van der Waals surface area contributed by atoms with Gasteiger partial charge >= 0.3 is 0 Å². The molecule has 2 unspecified atom stereocenters. The average Bonchev–Trinajstić information content (AvgIpc) is 2.48. The highest BCUT2D eigenvalue weighted by Crippen LogP contribution is 2.24. The van der Waals surface area contributed by atoms with Crippen molar-refractivity contribution in [3.05, 3.63) is 29.8 Å². The number of hydrogen-bond donors (Lipinski definition) is 2. The molecule has 0 aliphatic heterocycles. The van der Waals surface area contributed by atoms with Crippen LogP contribution in [0.5, 0.6) is 5.75 Å². The maximum absolute atomic E-state index is 12.1. The highest BCUT2D eigenvalue weighted by Gasteiger charge is 2.25. The van der Waals surface area contributed by atoms with E-state index in [9.17, 15) is 9.90 Å². The first-order valence-corrected chi connectivity index (χ1v) is 7.26. The molecule has 4 heteroatoms. The Morgan fingerprint density at radius 1 is 1.40 bits per heavy atom. The van der Waals surface area contributed by atoms with E-state index in [-0.39, 0.29) is 24.5 Å². The fourth-order valence-electron chi connectivity index (χ4n) is 2.84. The van der Waals surface area contributed by atoms with Crippen LogP contribution >= 0.6 is 0 Å². The van der Waals surface area contributed by atoms with Gasteiger partial charge in [-0.25, -0.2) is 0 Å². The zero-order valence-electron chi connectivity index (χ0n) is 12.0. The molecular formula is C16H23NO3. The number of carbonyl (C=O) groups excluding carboxylic acids is 1. The van der Waals surface area contributed by atoms with E-state index >= 15 is 0 Å². The van der Waals surface area contributed by atoms with E-state index in [1.165, 1.54) is 0 Å². The molecule has 20 heavy (non-hydrogen) atoms. The lowest BCUT2D eigenvalue weighted by atomic mass is 9.85. The first-order valence-electron chi connectivity index (χ1n) is 7.26. The number of ether oxygens (including phenoxy) is 1. The fraction of sp³-hybridized carbons (Fsp3) is 0.562. The quantitative estimate of drug-likeness (QED) is 0.864. The summed E-state index contributed by atoms with van der Waals surface area (Å²) in [6.45, 7) is 0.157. The topological polar surface area (TPSA) is 58.6 Å². The van der Waals surface area contributed by atoms with Gasteiger partial charge in [-0.2, -0.15) is 0 Å². The largest absolute Gasteiger partial charge is 0.497 e. The molecule has 0 heterocycles. The third-order valence-corrected chi connectivity index (χ3v) is 3.99. The molecule has 0 spiro atoms. The zero-order valence-corrected chi connectivity index (χ0v) is 12.0. The second kappa shape index (κ2) is 7.29. The Balaban J connectivity index is 1.90. The maximum atomic E-state index is 12.1. The van der Waals surface area contributed by atoms with Crippen LogP contribution in [0.25, 0.3) is 0 Å². The van der Waals surface area contributed by atoms with Gasteiger partial charge in [-0.3, -0.25) is 4.79 Å². The van der Waals surface area contributed by atoms with Crippen molar-refractivity contribution >= 4 is 5.91 Å². The number of rotatable bonds is 5. The lowest BCUT2D eigenvalue weighted by Gasteiger charge is -2.30. The molecule has 2 atom stereocenters. The van der Waals surface area contributed by atoms with Crippen molar-refractivity contribution < 1.29 is 14.6 Å². The average molecular weight is 277 g/mol. The van der Waals surface area contributed by atoms with E-state index in [0.717, 1.165) is 37.0 Å². The molecule has 1 aliphatic carbocycles. The Morgan fingerprint density at radius 3 is 2.95 bits per heavy atom. The normalized spacial score (nSPS) is 22.3.